The molecule has 1 aromatic carbocycles. The van der Waals surface area contributed by atoms with Crippen LogP contribution in [-0.4, -0.2) is 12.5 Å². The van der Waals surface area contributed by atoms with Crippen LogP contribution in [0.1, 0.15) is 30.0 Å². The van der Waals surface area contributed by atoms with Crippen molar-refractivity contribution >= 4 is 5.91 Å². The highest BCUT2D eigenvalue weighted by Gasteiger charge is 2.12. The van der Waals surface area contributed by atoms with Crippen LogP contribution in [0.25, 0.3) is 0 Å². The second-order valence-corrected chi connectivity index (χ2v) is 5.14. The molecule has 2 aromatic rings. The predicted molar refractivity (Wildman–Crippen MR) is 77.1 cm³/mol. The second-order valence-electron chi connectivity index (χ2n) is 5.14. The zero-order valence-electron chi connectivity index (χ0n) is 12.0. The largest absolute Gasteiger partial charge is 0.426 e. The van der Waals surface area contributed by atoms with E-state index in [0.717, 1.165) is 5.56 Å². The van der Waals surface area contributed by atoms with Crippen molar-refractivity contribution in [1.29, 1.82) is 0 Å². The lowest BCUT2D eigenvalue weighted by atomic mass is 10.2. The van der Waals surface area contributed by atoms with Crippen molar-refractivity contribution in [3.8, 4) is 11.7 Å². The van der Waals surface area contributed by atoms with Crippen molar-refractivity contribution in [3.63, 3.8) is 0 Å². The summed E-state index contributed by atoms with van der Waals surface area (Å²) in [6.07, 6.45) is 0. The van der Waals surface area contributed by atoms with Gasteiger partial charge >= 0.3 is 0 Å². The van der Waals surface area contributed by atoms with Crippen LogP contribution in [0.2, 0.25) is 0 Å². The van der Waals surface area contributed by atoms with E-state index in [1.807, 2.05) is 45.0 Å². The Labute approximate surface area is 118 Å². The van der Waals surface area contributed by atoms with E-state index >= 15 is 0 Å². The van der Waals surface area contributed by atoms with Crippen molar-refractivity contribution < 1.29 is 13.9 Å². The lowest BCUT2D eigenvalue weighted by Gasteiger charge is -2.05. The topological polar surface area (TPSA) is 51.5 Å². The van der Waals surface area contributed by atoms with Gasteiger partial charge in [0.05, 0.1) is 0 Å². The third-order valence-electron chi connectivity index (χ3n) is 2.72. The molecule has 0 unspecified atom stereocenters. The SMILES string of the molecule is Cc1ccc(Oc2ccc(C(=O)NCC(C)C)o2)cc1. The molecule has 0 atom stereocenters. The van der Waals surface area contributed by atoms with Gasteiger partial charge in [0, 0.05) is 12.6 Å². The molecular formula is C16H19NO3. The number of carbonyl (C=O) groups is 1. The van der Waals surface area contributed by atoms with Gasteiger partial charge in [0.2, 0.25) is 0 Å². The van der Waals surface area contributed by atoms with Gasteiger partial charge in [0.1, 0.15) is 5.75 Å². The van der Waals surface area contributed by atoms with E-state index in [9.17, 15) is 4.79 Å². The number of benzene rings is 1. The van der Waals surface area contributed by atoms with E-state index in [-0.39, 0.29) is 11.7 Å². The molecule has 0 aliphatic rings. The second kappa shape index (κ2) is 6.28. The molecule has 1 N–H and O–H groups in total. The van der Waals surface area contributed by atoms with Gasteiger partial charge < -0.3 is 14.5 Å². The Bertz CT molecular complexity index is 570. The summed E-state index contributed by atoms with van der Waals surface area (Å²) in [5.74, 6) is 1.42. The molecule has 0 spiro atoms. The third kappa shape index (κ3) is 3.88. The Hall–Kier alpha value is -2.23. The average Bonchev–Trinajstić information content (AvgIpc) is 2.87. The number of ether oxygens (including phenoxy) is 1. The molecule has 20 heavy (non-hydrogen) atoms. The maximum absolute atomic E-state index is 11.8. The Morgan fingerprint density at radius 3 is 2.55 bits per heavy atom. The van der Waals surface area contributed by atoms with Crippen molar-refractivity contribution in [3.05, 3.63) is 47.7 Å². The minimum atomic E-state index is -0.225. The van der Waals surface area contributed by atoms with E-state index in [4.69, 9.17) is 9.15 Å². The highest BCUT2D eigenvalue weighted by molar-refractivity contribution is 5.91. The molecule has 0 fully saturated rings. The van der Waals surface area contributed by atoms with Crippen molar-refractivity contribution in [2.45, 2.75) is 20.8 Å². The summed E-state index contributed by atoms with van der Waals surface area (Å²) in [4.78, 5) is 11.8. The van der Waals surface area contributed by atoms with Gasteiger partial charge in [-0.05, 0) is 31.0 Å². The number of hydrogen-bond acceptors (Lipinski definition) is 3. The number of furan rings is 1. The predicted octanol–water partition coefficient (Wildman–Crippen LogP) is 3.77. The fraction of sp³-hybridized carbons (Fsp3) is 0.312. The molecule has 0 saturated carbocycles. The summed E-state index contributed by atoms with van der Waals surface area (Å²) in [7, 11) is 0. The molecular weight excluding hydrogens is 254 g/mol. The summed E-state index contributed by atoms with van der Waals surface area (Å²) < 4.78 is 10.9. The van der Waals surface area contributed by atoms with Crippen LogP contribution in [0.5, 0.6) is 11.7 Å². The van der Waals surface area contributed by atoms with Crippen LogP contribution in [0.4, 0.5) is 0 Å². The van der Waals surface area contributed by atoms with E-state index in [2.05, 4.69) is 5.32 Å². The maximum atomic E-state index is 11.8. The van der Waals surface area contributed by atoms with E-state index in [1.165, 1.54) is 0 Å². The first-order chi connectivity index (χ1) is 9.54. The molecule has 1 heterocycles. The molecule has 1 amide bonds. The lowest BCUT2D eigenvalue weighted by Crippen LogP contribution is -2.26. The summed E-state index contributed by atoms with van der Waals surface area (Å²) in [6.45, 7) is 6.70. The summed E-state index contributed by atoms with van der Waals surface area (Å²) in [5, 5.41) is 2.79. The highest BCUT2D eigenvalue weighted by atomic mass is 16.6. The molecule has 106 valence electrons. The number of nitrogens with one attached hydrogen (secondary N) is 1. The van der Waals surface area contributed by atoms with Crippen LogP contribution in [0.3, 0.4) is 0 Å². The first kappa shape index (κ1) is 14.2. The minimum Gasteiger partial charge on any atom is -0.426 e. The van der Waals surface area contributed by atoms with Crippen LogP contribution >= 0.6 is 0 Å². The van der Waals surface area contributed by atoms with Crippen LogP contribution in [-0.2, 0) is 0 Å². The molecule has 0 saturated heterocycles. The summed E-state index contributed by atoms with van der Waals surface area (Å²) in [5.41, 5.74) is 1.16. The first-order valence-electron chi connectivity index (χ1n) is 6.67. The highest BCUT2D eigenvalue weighted by Crippen LogP contribution is 2.23. The summed E-state index contributed by atoms with van der Waals surface area (Å²) >= 11 is 0. The van der Waals surface area contributed by atoms with Crippen LogP contribution in [0, 0.1) is 12.8 Å². The molecule has 4 heteroatoms. The molecule has 0 radical (unpaired) electrons. The van der Waals surface area contributed by atoms with Gasteiger partial charge in [-0.1, -0.05) is 31.5 Å². The number of carbonyl (C=O) groups excluding carboxylic acids is 1. The first-order valence-corrected chi connectivity index (χ1v) is 6.67. The maximum Gasteiger partial charge on any atom is 0.290 e. The molecule has 1 aromatic heterocycles. The van der Waals surface area contributed by atoms with Gasteiger partial charge in [-0.25, -0.2) is 0 Å². The van der Waals surface area contributed by atoms with Crippen molar-refractivity contribution in [2.24, 2.45) is 5.92 Å². The Morgan fingerprint density at radius 2 is 1.90 bits per heavy atom. The normalized spacial score (nSPS) is 10.6. The molecule has 2 rings (SSSR count). The van der Waals surface area contributed by atoms with E-state index in [0.29, 0.717) is 24.2 Å². The van der Waals surface area contributed by atoms with Gasteiger partial charge in [-0.15, -0.1) is 0 Å². The standard InChI is InChI=1S/C16H19NO3/c1-11(2)10-17-16(18)14-8-9-15(20-14)19-13-6-4-12(3)5-7-13/h4-9,11H,10H2,1-3H3,(H,17,18). The Kier molecular flexibility index (Phi) is 4.45. The molecule has 0 aliphatic carbocycles. The van der Waals surface area contributed by atoms with Gasteiger partial charge in [0.25, 0.3) is 11.9 Å². The minimum absolute atomic E-state index is 0.225. The summed E-state index contributed by atoms with van der Waals surface area (Å²) in [6, 6.07) is 10.9. The number of aryl methyl sites for hydroxylation is 1. The lowest BCUT2D eigenvalue weighted by molar-refractivity contribution is 0.0916. The van der Waals surface area contributed by atoms with E-state index in [1.54, 1.807) is 12.1 Å². The zero-order chi connectivity index (χ0) is 14.5. The fourth-order valence-electron chi connectivity index (χ4n) is 1.60. The van der Waals surface area contributed by atoms with Crippen molar-refractivity contribution in [1.82, 2.24) is 5.32 Å². The molecule has 4 nitrogen and oxygen atoms in total. The van der Waals surface area contributed by atoms with Crippen molar-refractivity contribution in [2.75, 3.05) is 6.54 Å². The quantitative estimate of drug-likeness (QED) is 0.902. The monoisotopic (exact) mass is 273 g/mol. The smallest absolute Gasteiger partial charge is 0.290 e. The zero-order valence-corrected chi connectivity index (χ0v) is 12.0. The van der Waals surface area contributed by atoms with Crippen LogP contribution in [0.15, 0.2) is 40.8 Å². The average molecular weight is 273 g/mol. The van der Waals surface area contributed by atoms with Crippen LogP contribution < -0.4 is 10.1 Å². The Balaban J connectivity index is 1.98. The Morgan fingerprint density at radius 1 is 1.20 bits per heavy atom. The van der Waals surface area contributed by atoms with Gasteiger partial charge in [-0.3, -0.25) is 4.79 Å². The van der Waals surface area contributed by atoms with Gasteiger partial charge in [0.15, 0.2) is 5.76 Å². The van der Waals surface area contributed by atoms with E-state index < -0.39 is 0 Å². The fourth-order valence-corrected chi connectivity index (χ4v) is 1.60. The number of hydrogen-bond donors (Lipinski definition) is 1. The van der Waals surface area contributed by atoms with Gasteiger partial charge in [-0.2, -0.15) is 0 Å². The molecule has 0 aliphatic heterocycles. The third-order valence-corrected chi connectivity index (χ3v) is 2.72. The number of amides is 1. The number of rotatable bonds is 5. The molecule has 0 bridgehead atoms.